The summed E-state index contributed by atoms with van der Waals surface area (Å²) in [6.07, 6.45) is -3.04. The first kappa shape index (κ1) is 37.8. The molecule has 0 rings (SSSR count). The Hall–Kier alpha value is -2.16. The van der Waals surface area contributed by atoms with Gasteiger partial charge in [-0.05, 0) is 86.0 Å². The second-order valence-electron chi connectivity index (χ2n) is 16.1. The second-order valence-corrected chi connectivity index (χ2v) is 16.1. The van der Waals surface area contributed by atoms with Crippen LogP contribution in [0.3, 0.4) is 0 Å². The number of carboxylic acids is 1. The third kappa shape index (κ3) is 14.5. The third-order valence-electron chi connectivity index (χ3n) is 5.88. The zero-order chi connectivity index (χ0) is 32.1. The van der Waals surface area contributed by atoms with Gasteiger partial charge in [0, 0.05) is 6.42 Å². The van der Waals surface area contributed by atoms with Crippen LogP contribution < -0.4 is 0 Å². The third-order valence-corrected chi connectivity index (χ3v) is 5.88. The Morgan fingerprint density at radius 2 is 1.00 bits per heavy atom. The fourth-order valence-corrected chi connectivity index (χ4v) is 4.81. The van der Waals surface area contributed by atoms with E-state index in [9.17, 15) is 24.3 Å². The fourth-order valence-electron chi connectivity index (χ4n) is 4.81. The van der Waals surface area contributed by atoms with Gasteiger partial charge in [-0.3, -0.25) is 9.59 Å². The normalized spacial score (nSPS) is 15.2. The van der Waals surface area contributed by atoms with Gasteiger partial charge >= 0.3 is 23.9 Å². The van der Waals surface area contributed by atoms with Crippen LogP contribution in [-0.2, 0) is 38.1 Å². The molecule has 0 fully saturated rings. The van der Waals surface area contributed by atoms with Crippen molar-refractivity contribution < 1.29 is 43.2 Å². The van der Waals surface area contributed by atoms with Crippen molar-refractivity contribution in [3.63, 3.8) is 0 Å². The predicted octanol–water partition coefficient (Wildman–Crippen LogP) is 6.35. The van der Waals surface area contributed by atoms with Gasteiger partial charge in [0.2, 0.25) is 12.2 Å². The molecular weight excluding hydrogens is 516 g/mol. The quantitative estimate of drug-likeness (QED) is 0.198. The van der Waals surface area contributed by atoms with Gasteiger partial charge in [-0.25, -0.2) is 9.59 Å². The molecule has 2 atom stereocenters. The summed E-state index contributed by atoms with van der Waals surface area (Å²) >= 11 is 0. The van der Waals surface area contributed by atoms with Gasteiger partial charge in [0.15, 0.2) is 0 Å². The molecule has 0 aromatic heterocycles. The Kier molecular flexibility index (Phi) is 12.5. The van der Waals surface area contributed by atoms with Crippen molar-refractivity contribution in [2.45, 2.75) is 147 Å². The predicted molar refractivity (Wildman–Crippen MR) is 154 cm³/mol. The molecule has 0 aliphatic heterocycles. The van der Waals surface area contributed by atoms with Crippen LogP contribution in [0.1, 0.15) is 123 Å². The zero-order valence-electron chi connectivity index (χ0n) is 27.7. The molecule has 2 unspecified atom stereocenters. The van der Waals surface area contributed by atoms with E-state index in [1.807, 2.05) is 62.3 Å². The summed E-state index contributed by atoms with van der Waals surface area (Å²) in [5, 5.41) is 10.1. The van der Waals surface area contributed by atoms with Crippen LogP contribution in [0.2, 0.25) is 0 Å². The van der Waals surface area contributed by atoms with Gasteiger partial charge in [0.05, 0.1) is 23.0 Å². The van der Waals surface area contributed by atoms with Crippen LogP contribution in [0, 0.1) is 21.7 Å². The van der Waals surface area contributed by atoms with E-state index >= 15 is 0 Å². The van der Waals surface area contributed by atoms with Gasteiger partial charge in [0.1, 0.15) is 5.60 Å². The Bertz CT molecular complexity index is 893. The molecule has 0 aromatic rings. The number of hydrogen-bond acceptors (Lipinski definition) is 8. The summed E-state index contributed by atoms with van der Waals surface area (Å²) in [4.78, 5) is 52.4. The van der Waals surface area contributed by atoms with E-state index in [0.29, 0.717) is 19.3 Å². The molecular formula is C31H56O9. The molecule has 0 radical (unpaired) electrons. The minimum atomic E-state index is -2.10. The van der Waals surface area contributed by atoms with Gasteiger partial charge < -0.3 is 24.1 Å². The summed E-state index contributed by atoms with van der Waals surface area (Å²) in [7, 11) is 0. The van der Waals surface area contributed by atoms with E-state index in [-0.39, 0.29) is 17.4 Å². The first-order chi connectivity index (χ1) is 17.5. The lowest BCUT2D eigenvalue weighted by molar-refractivity contribution is -0.202. The van der Waals surface area contributed by atoms with Crippen LogP contribution >= 0.6 is 0 Å². The second kappa shape index (κ2) is 13.2. The number of ether oxygens (including phenoxy) is 4. The number of rotatable bonds is 13. The molecule has 0 aromatic carbocycles. The van der Waals surface area contributed by atoms with Crippen molar-refractivity contribution >= 4 is 23.9 Å². The SMILES string of the molecule is CC(C)(C)CC(C)(C)C(=O)OC(C(=O)O)C(OC(=O)C(C)(C)CC(C)(C)C)C(=O)OC(C)(C)CCOC(C)(C)C. The number of hydrogen-bond donors (Lipinski definition) is 1. The standard InChI is InChI=1S/C31H56O9/c1-26(2,3)18-29(10,11)24(35)38-20(22(32)33)21(39-25(36)30(12,13)19-27(4,5)6)23(34)40-31(14,15)16-17-37-28(7,8)9/h20-21H,16-19H2,1-15H3,(H,32,33). The molecule has 0 spiro atoms. The fraction of sp³-hybridized carbons (Fsp3) is 0.871. The smallest absolute Gasteiger partial charge is 0.352 e. The molecule has 1 N–H and O–H groups in total. The maximum Gasteiger partial charge on any atom is 0.352 e. The number of esters is 3. The average Bonchev–Trinajstić information content (AvgIpc) is 2.64. The molecule has 0 saturated carbocycles. The maximum atomic E-state index is 13.5. The molecule has 40 heavy (non-hydrogen) atoms. The van der Waals surface area contributed by atoms with Crippen molar-refractivity contribution in [3.05, 3.63) is 0 Å². The summed E-state index contributed by atoms with van der Waals surface area (Å²) in [6.45, 7) is 27.5. The van der Waals surface area contributed by atoms with E-state index in [2.05, 4.69) is 0 Å². The lowest BCUT2D eigenvalue weighted by Crippen LogP contribution is -2.51. The monoisotopic (exact) mass is 572 g/mol. The van der Waals surface area contributed by atoms with Crippen molar-refractivity contribution in [1.82, 2.24) is 0 Å². The van der Waals surface area contributed by atoms with E-state index < -0.39 is 58.1 Å². The first-order valence-electron chi connectivity index (χ1n) is 14.0. The highest BCUT2D eigenvalue weighted by molar-refractivity contribution is 5.90. The van der Waals surface area contributed by atoms with Crippen molar-refractivity contribution in [2.75, 3.05) is 6.61 Å². The highest BCUT2D eigenvalue weighted by Crippen LogP contribution is 2.36. The maximum absolute atomic E-state index is 13.5. The molecule has 0 amide bonds. The largest absolute Gasteiger partial charge is 0.478 e. The molecule has 0 aliphatic carbocycles. The van der Waals surface area contributed by atoms with Gasteiger partial charge in [-0.2, -0.15) is 0 Å². The molecule has 0 aliphatic rings. The van der Waals surface area contributed by atoms with Crippen LogP contribution in [0.15, 0.2) is 0 Å². The molecule has 9 nitrogen and oxygen atoms in total. The first-order valence-corrected chi connectivity index (χ1v) is 14.0. The van der Waals surface area contributed by atoms with Crippen LogP contribution in [0.25, 0.3) is 0 Å². The molecule has 234 valence electrons. The van der Waals surface area contributed by atoms with Gasteiger partial charge in [-0.15, -0.1) is 0 Å². The van der Waals surface area contributed by atoms with Crippen LogP contribution in [0.5, 0.6) is 0 Å². The number of carboxylic acid groups (broad SMARTS) is 1. The Labute approximate surface area is 242 Å². The molecule has 0 heterocycles. The lowest BCUT2D eigenvalue weighted by Gasteiger charge is -2.35. The zero-order valence-corrected chi connectivity index (χ0v) is 27.7. The summed E-state index contributed by atoms with van der Waals surface area (Å²) in [6, 6.07) is 0. The lowest BCUT2D eigenvalue weighted by atomic mass is 9.76. The van der Waals surface area contributed by atoms with Crippen LogP contribution in [-0.4, -0.2) is 59.0 Å². The summed E-state index contributed by atoms with van der Waals surface area (Å²) in [5.41, 5.74) is -4.15. The highest BCUT2D eigenvalue weighted by Gasteiger charge is 2.48. The van der Waals surface area contributed by atoms with Gasteiger partial charge in [-0.1, -0.05) is 41.5 Å². The summed E-state index contributed by atoms with van der Waals surface area (Å²) < 4.78 is 22.4. The summed E-state index contributed by atoms with van der Waals surface area (Å²) in [5.74, 6) is -4.36. The Morgan fingerprint density at radius 1 is 0.625 bits per heavy atom. The molecule has 0 saturated heterocycles. The van der Waals surface area contributed by atoms with Crippen molar-refractivity contribution in [3.8, 4) is 0 Å². The number of carbonyl (C=O) groups is 4. The van der Waals surface area contributed by atoms with E-state index in [0.717, 1.165) is 0 Å². The minimum absolute atomic E-state index is 0.261. The number of aliphatic carboxylic acids is 1. The Balaban J connectivity index is 6.29. The number of carbonyl (C=O) groups excluding carboxylic acids is 3. The van der Waals surface area contributed by atoms with Crippen molar-refractivity contribution in [2.24, 2.45) is 21.7 Å². The molecule has 0 bridgehead atoms. The highest BCUT2D eigenvalue weighted by atomic mass is 16.6. The van der Waals surface area contributed by atoms with Crippen molar-refractivity contribution in [1.29, 1.82) is 0 Å². The van der Waals surface area contributed by atoms with E-state index in [4.69, 9.17) is 18.9 Å². The Morgan fingerprint density at radius 3 is 1.32 bits per heavy atom. The van der Waals surface area contributed by atoms with E-state index in [1.165, 1.54) is 0 Å². The topological polar surface area (TPSA) is 125 Å². The van der Waals surface area contributed by atoms with E-state index in [1.54, 1.807) is 41.5 Å². The minimum Gasteiger partial charge on any atom is -0.478 e. The van der Waals surface area contributed by atoms with Gasteiger partial charge in [0.25, 0.3) is 0 Å². The molecule has 9 heteroatoms. The average molecular weight is 573 g/mol. The van der Waals surface area contributed by atoms with Crippen LogP contribution in [0.4, 0.5) is 0 Å².